The van der Waals surface area contributed by atoms with E-state index in [2.05, 4.69) is 24.8 Å². The van der Waals surface area contributed by atoms with Gasteiger partial charge in [-0.25, -0.2) is 9.97 Å². The van der Waals surface area contributed by atoms with E-state index in [0.29, 0.717) is 19.1 Å². The third kappa shape index (κ3) is 4.16. The molecule has 0 bridgehead atoms. The Labute approximate surface area is 118 Å². The van der Waals surface area contributed by atoms with Gasteiger partial charge in [-0.1, -0.05) is 0 Å². The number of rotatable bonds is 9. The summed E-state index contributed by atoms with van der Waals surface area (Å²) in [5.41, 5.74) is 11.5. The largest absolute Gasteiger partial charge is 0.348 e. The molecule has 0 aromatic carbocycles. The molecular weight excluding hydrogens is 254 g/mol. The maximum Gasteiger partial charge on any atom is 0.120 e. The normalized spacial score (nSPS) is 11.6. The maximum absolute atomic E-state index is 5.73. The quantitative estimate of drug-likeness (QED) is 0.523. The number of nitrogens with one attached hydrogen (secondary N) is 2. The Morgan fingerprint density at radius 1 is 0.950 bits per heavy atom. The number of H-pyrrole nitrogens is 2. The summed E-state index contributed by atoms with van der Waals surface area (Å²) >= 11 is 0. The standard InChI is InChI=1S/C13H23N7/c14-3-1-11(2-4-15)20(9-12-16-5-6-17-12)10-13-18-7-8-19-13/h5-8,11H,1-4,9-10,14-15H2,(H,16,17)(H,18,19). The van der Waals surface area contributed by atoms with Crippen molar-refractivity contribution in [2.45, 2.75) is 32.0 Å². The molecule has 0 saturated heterocycles. The molecule has 0 saturated carbocycles. The lowest BCUT2D eigenvalue weighted by molar-refractivity contribution is 0.156. The molecule has 7 nitrogen and oxygen atoms in total. The molecule has 2 rings (SSSR count). The van der Waals surface area contributed by atoms with Gasteiger partial charge in [-0.15, -0.1) is 0 Å². The molecule has 2 aromatic rings. The van der Waals surface area contributed by atoms with E-state index in [-0.39, 0.29) is 0 Å². The molecule has 0 atom stereocenters. The molecule has 20 heavy (non-hydrogen) atoms. The van der Waals surface area contributed by atoms with Gasteiger partial charge in [0.15, 0.2) is 0 Å². The minimum Gasteiger partial charge on any atom is -0.348 e. The zero-order valence-electron chi connectivity index (χ0n) is 11.6. The first-order chi connectivity index (χ1) is 9.83. The van der Waals surface area contributed by atoms with Gasteiger partial charge in [0.1, 0.15) is 11.6 Å². The van der Waals surface area contributed by atoms with Crippen molar-refractivity contribution in [3.05, 3.63) is 36.4 Å². The van der Waals surface area contributed by atoms with E-state index in [1.807, 2.05) is 12.4 Å². The fourth-order valence-electron chi connectivity index (χ4n) is 2.36. The van der Waals surface area contributed by atoms with Crippen LogP contribution in [-0.4, -0.2) is 44.0 Å². The van der Waals surface area contributed by atoms with E-state index >= 15 is 0 Å². The van der Waals surface area contributed by atoms with Gasteiger partial charge in [0.05, 0.1) is 13.1 Å². The lowest BCUT2D eigenvalue weighted by Gasteiger charge is -2.30. The molecule has 0 aliphatic heterocycles. The van der Waals surface area contributed by atoms with Crippen LogP contribution < -0.4 is 11.5 Å². The van der Waals surface area contributed by atoms with Crippen molar-refractivity contribution in [3.8, 4) is 0 Å². The van der Waals surface area contributed by atoms with Crippen molar-refractivity contribution in [3.63, 3.8) is 0 Å². The van der Waals surface area contributed by atoms with Gasteiger partial charge in [0.25, 0.3) is 0 Å². The van der Waals surface area contributed by atoms with Gasteiger partial charge in [-0.05, 0) is 25.9 Å². The molecule has 7 heteroatoms. The van der Waals surface area contributed by atoms with Crippen LogP contribution in [-0.2, 0) is 13.1 Å². The van der Waals surface area contributed by atoms with Crippen molar-refractivity contribution in [1.29, 1.82) is 0 Å². The van der Waals surface area contributed by atoms with Crippen molar-refractivity contribution in [2.75, 3.05) is 13.1 Å². The number of nitrogens with zero attached hydrogens (tertiary/aromatic N) is 3. The number of imidazole rings is 2. The Morgan fingerprint density at radius 2 is 1.45 bits per heavy atom. The van der Waals surface area contributed by atoms with E-state index in [9.17, 15) is 0 Å². The summed E-state index contributed by atoms with van der Waals surface area (Å²) in [6.45, 7) is 2.77. The van der Waals surface area contributed by atoms with Gasteiger partial charge in [-0.2, -0.15) is 0 Å². The summed E-state index contributed by atoms with van der Waals surface area (Å²) in [5.74, 6) is 1.88. The summed E-state index contributed by atoms with van der Waals surface area (Å²) in [4.78, 5) is 17.2. The lowest BCUT2D eigenvalue weighted by Crippen LogP contribution is -2.38. The number of hydrogen-bond acceptors (Lipinski definition) is 5. The van der Waals surface area contributed by atoms with Crippen LogP contribution in [0.1, 0.15) is 24.5 Å². The molecule has 0 spiro atoms. The van der Waals surface area contributed by atoms with Crippen molar-refractivity contribution < 1.29 is 0 Å². The van der Waals surface area contributed by atoms with Crippen molar-refractivity contribution in [2.24, 2.45) is 11.5 Å². The average molecular weight is 277 g/mol. The summed E-state index contributed by atoms with van der Waals surface area (Å²) < 4.78 is 0. The second-order valence-electron chi connectivity index (χ2n) is 4.79. The third-order valence-corrected chi connectivity index (χ3v) is 3.33. The van der Waals surface area contributed by atoms with E-state index in [0.717, 1.165) is 37.6 Å². The molecule has 6 N–H and O–H groups in total. The smallest absolute Gasteiger partial charge is 0.120 e. The molecule has 2 heterocycles. The molecule has 0 amide bonds. The number of aromatic amines is 2. The monoisotopic (exact) mass is 277 g/mol. The predicted molar refractivity (Wildman–Crippen MR) is 77.6 cm³/mol. The second kappa shape index (κ2) is 7.78. The summed E-state index contributed by atoms with van der Waals surface area (Å²) in [7, 11) is 0. The highest BCUT2D eigenvalue weighted by Crippen LogP contribution is 2.14. The molecular formula is C13H23N7. The van der Waals surface area contributed by atoms with Crippen LogP contribution in [0.4, 0.5) is 0 Å². The van der Waals surface area contributed by atoms with Crippen LogP contribution in [0, 0.1) is 0 Å². The van der Waals surface area contributed by atoms with E-state index in [1.54, 1.807) is 12.4 Å². The first-order valence-corrected chi connectivity index (χ1v) is 6.94. The van der Waals surface area contributed by atoms with Gasteiger partial charge < -0.3 is 21.4 Å². The topological polar surface area (TPSA) is 113 Å². The number of aromatic nitrogens is 4. The Bertz CT molecular complexity index is 409. The second-order valence-corrected chi connectivity index (χ2v) is 4.79. The van der Waals surface area contributed by atoms with Crippen molar-refractivity contribution >= 4 is 0 Å². The Balaban J connectivity index is 2.08. The number of nitrogens with two attached hydrogens (primary N) is 2. The lowest BCUT2D eigenvalue weighted by atomic mass is 10.1. The summed E-state index contributed by atoms with van der Waals surface area (Å²) in [6, 6.07) is 0.334. The summed E-state index contributed by atoms with van der Waals surface area (Å²) in [6.07, 6.45) is 9.03. The highest BCUT2D eigenvalue weighted by molar-refractivity contribution is 4.92. The van der Waals surface area contributed by atoms with Crippen LogP contribution in [0.3, 0.4) is 0 Å². The van der Waals surface area contributed by atoms with E-state index < -0.39 is 0 Å². The molecule has 0 radical (unpaired) electrons. The molecule has 2 aromatic heterocycles. The van der Waals surface area contributed by atoms with Crippen LogP contribution in [0.25, 0.3) is 0 Å². The Morgan fingerprint density at radius 3 is 1.80 bits per heavy atom. The molecule has 0 aliphatic carbocycles. The van der Waals surface area contributed by atoms with Crippen LogP contribution >= 0.6 is 0 Å². The SMILES string of the molecule is NCCC(CCN)N(Cc1ncc[nH]1)Cc1ncc[nH]1. The van der Waals surface area contributed by atoms with Gasteiger partial charge in [-0.3, -0.25) is 4.90 Å². The molecule has 0 aliphatic rings. The van der Waals surface area contributed by atoms with E-state index in [4.69, 9.17) is 11.5 Å². The van der Waals surface area contributed by atoms with E-state index in [1.165, 1.54) is 0 Å². The average Bonchev–Trinajstić information content (AvgIpc) is 3.11. The zero-order chi connectivity index (χ0) is 14.2. The summed E-state index contributed by atoms with van der Waals surface area (Å²) in [5, 5.41) is 0. The maximum atomic E-state index is 5.73. The predicted octanol–water partition coefficient (Wildman–Crippen LogP) is 0.201. The molecule has 0 unspecified atom stereocenters. The van der Waals surface area contributed by atoms with Crippen LogP contribution in [0.2, 0.25) is 0 Å². The van der Waals surface area contributed by atoms with Crippen molar-refractivity contribution in [1.82, 2.24) is 24.8 Å². The van der Waals surface area contributed by atoms with Gasteiger partial charge in [0, 0.05) is 30.8 Å². The highest BCUT2D eigenvalue weighted by atomic mass is 15.2. The highest BCUT2D eigenvalue weighted by Gasteiger charge is 2.19. The van der Waals surface area contributed by atoms with Gasteiger partial charge in [0.2, 0.25) is 0 Å². The van der Waals surface area contributed by atoms with Crippen LogP contribution in [0.5, 0.6) is 0 Å². The first-order valence-electron chi connectivity index (χ1n) is 6.94. The minimum atomic E-state index is 0.334. The Hall–Kier alpha value is -1.70. The zero-order valence-corrected chi connectivity index (χ0v) is 11.6. The number of hydrogen-bond donors (Lipinski definition) is 4. The van der Waals surface area contributed by atoms with Crippen LogP contribution in [0.15, 0.2) is 24.8 Å². The Kier molecular flexibility index (Phi) is 5.72. The first kappa shape index (κ1) is 14.7. The minimum absolute atomic E-state index is 0.334. The fourth-order valence-corrected chi connectivity index (χ4v) is 2.36. The third-order valence-electron chi connectivity index (χ3n) is 3.33. The fraction of sp³-hybridized carbons (Fsp3) is 0.538. The van der Waals surface area contributed by atoms with Gasteiger partial charge >= 0.3 is 0 Å². The molecule has 110 valence electrons. The molecule has 0 fully saturated rings.